The molecule has 0 bridgehead atoms. The lowest BCUT2D eigenvalue weighted by Gasteiger charge is -2.16. The molecular weight excluding hydrogens is 430 g/mol. The Hall–Kier alpha value is 0.280. The lowest BCUT2D eigenvalue weighted by molar-refractivity contribution is 0.232. The second-order valence-corrected chi connectivity index (χ2v) is 6.37. The quantitative estimate of drug-likeness (QED) is 0.636. The summed E-state index contributed by atoms with van der Waals surface area (Å²) in [5.74, 6) is 1.85. The number of rotatable bonds is 4. The molecule has 90 valence electrons. The SMILES string of the molecule is CC(C)Oc1cc(I)c(OC(C)C)cc1I. The number of halogens is 2. The van der Waals surface area contributed by atoms with Crippen LogP contribution in [-0.2, 0) is 0 Å². The molecule has 0 unspecified atom stereocenters. The van der Waals surface area contributed by atoms with E-state index in [1.54, 1.807) is 0 Å². The van der Waals surface area contributed by atoms with Gasteiger partial charge in [0.1, 0.15) is 11.5 Å². The lowest BCUT2D eigenvalue weighted by Crippen LogP contribution is -2.09. The minimum absolute atomic E-state index is 0.196. The second-order valence-electron chi connectivity index (χ2n) is 4.05. The molecule has 1 aromatic carbocycles. The van der Waals surface area contributed by atoms with Crippen molar-refractivity contribution in [1.29, 1.82) is 0 Å². The molecule has 16 heavy (non-hydrogen) atoms. The normalized spacial score (nSPS) is 11.0. The van der Waals surface area contributed by atoms with Crippen LogP contribution in [0.15, 0.2) is 12.1 Å². The molecule has 0 radical (unpaired) electrons. The molecule has 0 heterocycles. The van der Waals surface area contributed by atoms with E-state index in [1.807, 2.05) is 39.8 Å². The molecule has 1 rings (SSSR count). The van der Waals surface area contributed by atoms with E-state index in [0.717, 1.165) is 18.6 Å². The van der Waals surface area contributed by atoms with Gasteiger partial charge in [0, 0.05) is 0 Å². The van der Waals surface area contributed by atoms with E-state index in [9.17, 15) is 0 Å². The summed E-state index contributed by atoms with van der Waals surface area (Å²) < 4.78 is 13.6. The summed E-state index contributed by atoms with van der Waals surface area (Å²) in [5.41, 5.74) is 0. The van der Waals surface area contributed by atoms with Gasteiger partial charge >= 0.3 is 0 Å². The predicted molar refractivity (Wildman–Crippen MR) is 83.4 cm³/mol. The van der Waals surface area contributed by atoms with Crippen LogP contribution in [0.1, 0.15) is 27.7 Å². The maximum atomic E-state index is 5.72. The largest absolute Gasteiger partial charge is 0.490 e. The van der Waals surface area contributed by atoms with Crippen molar-refractivity contribution in [3.05, 3.63) is 19.3 Å². The molecule has 0 aliphatic carbocycles. The van der Waals surface area contributed by atoms with Gasteiger partial charge in [-0.1, -0.05) is 0 Å². The molecule has 0 saturated carbocycles. The van der Waals surface area contributed by atoms with E-state index in [-0.39, 0.29) is 12.2 Å². The first kappa shape index (κ1) is 14.3. The van der Waals surface area contributed by atoms with E-state index < -0.39 is 0 Å². The fourth-order valence-electron chi connectivity index (χ4n) is 1.20. The summed E-state index contributed by atoms with van der Waals surface area (Å²) in [4.78, 5) is 0. The highest BCUT2D eigenvalue weighted by molar-refractivity contribution is 14.1. The summed E-state index contributed by atoms with van der Waals surface area (Å²) in [6, 6.07) is 4.06. The molecule has 2 nitrogen and oxygen atoms in total. The first-order valence-corrected chi connectivity index (χ1v) is 7.38. The Morgan fingerprint density at radius 1 is 0.812 bits per heavy atom. The van der Waals surface area contributed by atoms with Crippen molar-refractivity contribution in [3.63, 3.8) is 0 Å². The molecule has 1 aromatic rings. The zero-order chi connectivity index (χ0) is 12.3. The van der Waals surface area contributed by atoms with Crippen LogP contribution < -0.4 is 9.47 Å². The van der Waals surface area contributed by atoms with Crippen LogP contribution in [0.5, 0.6) is 11.5 Å². The molecule has 4 heteroatoms. The van der Waals surface area contributed by atoms with Gasteiger partial charge in [0.05, 0.1) is 19.3 Å². The lowest BCUT2D eigenvalue weighted by atomic mass is 10.3. The molecular formula is C12H16I2O2. The Bertz CT molecular complexity index is 327. The average molecular weight is 446 g/mol. The molecule has 0 N–H and O–H groups in total. The van der Waals surface area contributed by atoms with Crippen LogP contribution in [0, 0.1) is 7.14 Å². The van der Waals surface area contributed by atoms with Crippen LogP contribution in [0.25, 0.3) is 0 Å². The zero-order valence-corrected chi connectivity index (χ0v) is 14.2. The number of hydrogen-bond acceptors (Lipinski definition) is 2. The minimum Gasteiger partial charge on any atom is -0.490 e. The third kappa shape index (κ3) is 4.27. The Morgan fingerprint density at radius 3 is 1.38 bits per heavy atom. The van der Waals surface area contributed by atoms with Gasteiger partial charge in [0.2, 0.25) is 0 Å². The van der Waals surface area contributed by atoms with Crippen molar-refractivity contribution in [2.75, 3.05) is 0 Å². The fraction of sp³-hybridized carbons (Fsp3) is 0.500. The van der Waals surface area contributed by atoms with Crippen molar-refractivity contribution in [2.24, 2.45) is 0 Å². The number of benzene rings is 1. The summed E-state index contributed by atoms with van der Waals surface area (Å²) in [6.07, 6.45) is 0.391. The maximum Gasteiger partial charge on any atom is 0.134 e. The van der Waals surface area contributed by atoms with Crippen molar-refractivity contribution < 1.29 is 9.47 Å². The molecule has 0 spiro atoms. The summed E-state index contributed by atoms with van der Waals surface area (Å²) in [5, 5.41) is 0. The van der Waals surface area contributed by atoms with E-state index in [4.69, 9.17) is 9.47 Å². The smallest absolute Gasteiger partial charge is 0.134 e. The molecule has 0 amide bonds. The fourth-order valence-corrected chi connectivity index (χ4v) is 2.33. The van der Waals surface area contributed by atoms with Gasteiger partial charge in [0.25, 0.3) is 0 Å². The highest BCUT2D eigenvalue weighted by Crippen LogP contribution is 2.32. The van der Waals surface area contributed by atoms with E-state index in [2.05, 4.69) is 45.2 Å². The van der Waals surface area contributed by atoms with Crippen LogP contribution >= 0.6 is 45.2 Å². The minimum atomic E-state index is 0.196. The van der Waals surface area contributed by atoms with Crippen molar-refractivity contribution in [2.45, 2.75) is 39.9 Å². The van der Waals surface area contributed by atoms with Crippen molar-refractivity contribution >= 4 is 45.2 Å². The topological polar surface area (TPSA) is 18.5 Å². The number of ether oxygens (including phenoxy) is 2. The van der Waals surface area contributed by atoms with Gasteiger partial charge < -0.3 is 9.47 Å². The van der Waals surface area contributed by atoms with Crippen LogP contribution in [0.4, 0.5) is 0 Å². The predicted octanol–water partition coefficient (Wildman–Crippen LogP) is 4.47. The van der Waals surface area contributed by atoms with Crippen molar-refractivity contribution in [1.82, 2.24) is 0 Å². The Morgan fingerprint density at radius 2 is 1.12 bits per heavy atom. The van der Waals surface area contributed by atoms with Crippen LogP contribution in [0.3, 0.4) is 0 Å². The summed E-state index contributed by atoms with van der Waals surface area (Å²) in [6.45, 7) is 8.12. The van der Waals surface area contributed by atoms with Gasteiger partial charge in [-0.15, -0.1) is 0 Å². The average Bonchev–Trinajstić information content (AvgIpc) is 2.11. The Balaban J connectivity index is 2.97. The molecule has 0 aliphatic heterocycles. The molecule has 0 atom stereocenters. The highest BCUT2D eigenvalue weighted by Gasteiger charge is 2.10. The standard InChI is InChI=1S/C12H16I2O2/c1-7(2)15-11-5-10(14)12(6-9(11)13)16-8(3)4/h5-8H,1-4H3. The Labute approximate surface area is 124 Å². The zero-order valence-electron chi connectivity index (χ0n) is 9.88. The van der Waals surface area contributed by atoms with E-state index in [1.165, 1.54) is 0 Å². The second kappa shape index (κ2) is 6.28. The highest BCUT2D eigenvalue weighted by atomic mass is 127. The molecule has 0 fully saturated rings. The van der Waals surface area contributed by atoms with Crippen LogP contribution in [0.2, 0.25) is 0 Å². The van der Waals surface area contributed by atoms with E-state index in [0.29, 0.717) is 0 Å². The third-order valence-corrected chi connectivity index (χ3v) is 3.40. The monoisotopic (exact) mass is 446 g/mol. The van der Waals surface area contributed by atoms with Gasteiger partial charge in [0.15, 0.2) is 0 Å². The van der Waals surface area contributed by atoms with Gasteiger partial charge in [-0.3, -0.25) is 0 Å². The molecule has 0 aliphatic rings. The maximum absolute atomic E-state index is 5.72. The van der Waals surface area contributed by atoms with Gasteiger partial charge in [-0.05, 0) is 85.0 Å². The molecule has 0 aromatic heterocycles. The summed E-state index contributed by atoms with van der Waals surface area (Å²) in [7, 11) is 0. The first-order valence-electron chi connectivity index (χ1n) is 5.22. The third-order valence-electron chi connectivity index (χ3n) is 1.71. The van der Waals surface area contributed by atoms with Crippen molar-refractivity contribution in [3.8, 4) is 11.5 Å². The molecule has 0 saturated heterocycles. The Kier molecular flexibility index (Phi) is 5.63. The van der Waals surface area contributed by atoms with Crippen LogP contribution in [-0.4, -0.2) is 12.2 Å². The number of hydrogen-bond donors (Lipinski definition) is 0. The summed E-state index contributed by atoms with van der Waals surface area (Å²) >= 11 is 4.55. The van der Waals surface area contributed by atoms with E-state index >= 15 is 0 Å². The van der Waals surface area contributed by atoms with Gasteiger partial charge in [-0.25, -0.2) is 0 Å². The van der Waals surface area contributed by atoms with Gasteiger partial charge in [-0.2, -0.15) is 0 Å². The first-order chi connectivity index (χ1) is 7.40.